The van der Waals surface area contributed by atoms with E-state index in [0.29, 0.717) is 12.2 Å². The largest absolute Gasteiger partial charge is 0.326 e. The molecule has 1 aliphatic carbocycles. The molecule has 0 bridgehead atoms. The molecule has 1 aliphatic heterocycles. The lowest BCUT2D eigenvalue weighted by atomic mass is 9.80. The molecule has 3 rings (SSSR count). The van der Waals surface area contributed by atoms with Crippen LogP contribution in [0.4, 0.5) is 0 Å². The van der Waals surface area contributed by atoms with Gasteiger partial charge in [-0.1, -0.05) is 24.3 Å². The summed E-state index contributed by atoms with van der Waals surface area (Å²) in [4.78, 5) is 0. The number of rotatable bonds is 2. The van der Waals surface area contributed by atoms with Gasteiger partial charge in [0.15, 0.2) is 0 Å². The highest BCUT2D eigenvalue weighted by atomic mass is 15.8. The van der Waals surface area contributed by atoms with Crippen molar-refractivity contribution in [3.05, 3.63) is 35.4 Å². The Morgan fingerprint density at radius 3 is 2.35 bits per heavy atom. The summed E-state index contributed by atoms with van der Waals surface area (Å²) >= 11 is 0. The van der Waals surface area contributed by atoms with Crippen molar-refractivity contribution >= 4 is 0 Å². The Bertz CT molecular complexity index is 390. The Morgan fingerprint density at radius 2 is 1.88 bits per heavy atom. The fourth-order valence-corrected chi connectivity index (χ4v) is 3.09. The maximum absolute atomic E-state index is 5.62. The van der Waals surface area contributed by atoms with Gasteiger partial charge in [-0.25, -0.2) is 10.4 Å². The highest BCUT2D eigenvalue weighted by Crippen LogP contribution is 2.44. The van der Waals surface area contributed by atoms with E-state index in [2.05, 4.69) is 41.7 Å². The van der Waals surface area contributed by atoms with Crippen LogP contribution in [-0.4, -0.2) is 17.7 Å². The SMILES string of the molecule is CN1NC12CCC(c1ccc(CN)cc1)CC2. The zero-order valence-corrected chi connectivity index (χ0v) is 10.4. The molecule has 1 aromatic carbocycles. The van der Waals surface area contributed by atoms with E-state index in [0.717, 1.165) is 5.92 Å². The normalized spacial score (nSPS) is 36.1. The second kappa shape index (κ2) is 4.09. The first-order valence-electron chi connectivity index (χ1n) is 6.54. The molecule has 1 saturated heterocycles. The van der Waals surface area contributed by atoms with Crippen molar-refractivity contribution < 1.29 is 0 Å². The van der Waals surface area contributed by atoms with Crippen LogP contribution in [0.2, 0.25) is 0 Å². The lowest BCUT2D eigenvalue weighted by molar-refractivity contribution is 0.311. The topological polar surface area (TPSA) is 51.0 Å². The zero-order chi connectivity index (χ0) is 11.9. The number of nitrogens with zero attached hydrogens (tertiary/aromatic N) is 1. The Labute approximate surface area is 103 Å². The number of benzene rings is 1. The molecular weight excluding hydrogens is 210 g/mol. The number of hydrogen-bond acceptors (Lipinski definition) is 3. The van der Waals surface area contributed by atoms with Crippen LogP contribution in [0.1, 0.15) is 42.7 Å². The van der Waals surface area contributed by atoms with Crippen LogP contribution in [-0.2, 0) is 6.54 Å². The average Bonchev–Trinajstić information content (AvgIpc) is 3.00. The highest BCUT2D eigenvalue weighted by Gasteiger charge is 2.50. The molecule has 1 saturated carbocycles. The second-order valence-electron chi connectivity index (χ2n) is 5.42. The van der Waals surface area contributed by atoms with Gasteiger partial charge < -0.3 is 5.73 Å². The molecular formula is C14H21N3. The van der Waals surface area contributed by atoms with E-state index in [1.165, 1.54) is 36.8 Å². The van der Waals surface area contributed by atoms with Crippen molar-refractivity contribution in [2.75, 3.05) is 7.05 Å². The lowest BCUT2D eigenvalue weighted by Crippen LogP contribution is -2.25. The molecule has 3 nitrogen and oxygen atoms in total. The number of nitrogens with one attached hydrogen (secondary N) is 1. The summed E-state index contributed by atoms with van der Waals surface area (Å²) in [5, 5.41) is 2.26. The predicted molar refractivity (Wildman–Crippen MR) is 69.2 cm³/mol. The van der Waals surface area contributed by atoms with Gasteiger partial charge in [0.25, 0.3) is 0 Å². The Kier molecular flexibility index (Phi) is 2.69. The summed E-state index contributed by atoms with van der Waals surface area (Å²) in [5.74, 6) is 0.739. The van der Waals surface area contributed by atoms with Gasteiger partial charge in [-0.2, -0.15) is 0 Å². The summed E-state index contributed by atoms with van der Waals surface area (Å²) in [6, 6.07) is 8.85. The molecule has 1 unspecified atom stereocenters. The van der Waals surface area contributed by atoms with Crippen LogP contribution in [0.25, 0.3) is 0 Å². The molecule has 1 spiro atoms. The minimum absolute atomic E-state index is 0.355. The lowest BCUT2D eigenvalue weighted by Gasteiger charge is -2.27. The predicted octanol–water partition coefficient (Wildman–Crippen LogP) is 1.95. The summed E-state index contributed by atoms with van der Waals surface area (Å²) in [5.41, 5.74) is 12.1. The summed E-state index contributed by atoms with van der Waals surface area (Å²) in [6.45, 7) is 0.642. The third kappa shape index (κ3) is 1.99. The number of hydrazine groups is 1. The third-order valence-electron chi connectivity index (χ3n) is 4.47. The maximum Gasteiger partial charge on any atom is 0.0971 e. The van der Waals surface area contributed by atoms with E-state index in [-0.39, 0.29) is 0 Å². The smallest absolute Gasteiger partial charge is 0.0971 e. The fraction of sp³-hybridized carbons (Fsp3) is 0.571. The van der Waals surface area contributed by atoms with Gasteiger partial charge in [-0.15, -0.1) is 0 Å². The minimum atomic E-state index is 0.355. The van der Waals surface area contributed by atoms with Gasteiger partial charge in [-0.05, 0) is 42.7 Å². The molecule has 2 fully saturated rings. The molecule has 17 heavy (non-hydrogen) atoms. The van der Waals surface area contributed by atoms with Gasteiger partial charge >= 0.3 is 0 Å². The standard InChI is InChI=1S/C14H21N3/c1-17-14(16-17)8-6-13(7-9-14)12-4-2-11(10-15)3-5-12/h2-5,13,16H,6-10,15H2,1H3. The fourth-order valence-electron chi connectivity index (χ4n) is 3.09. The minimum Gasteiger partial charge on any atom is -0.326 e. The van der Waals surface area contributed by atoms with Crippen LogP contribution in [0, 0.1) is 0 Å². The molecule has 1 atom stereocenters. The van der Waals surface area contributed by atoms with Crippen LogP contribution >= 0.6 is 0 Å². The molecule has 1 aromatic rings. The van der Waals surface area contributed by atoms with Gasteiger partial charge in [-0.3, -0.25) is 0 Å². The van der Waals surface area contributed by atoms with E-state index in [1.54, 1.807) is 0 Å². The summed E-state index contributed by atoms with van der Waals surface area (Å²) < 4.78 is 0. The number of nitrogens with two attached hydrogens (primary N) is 1. The van der Waals surface area contributed by atoms with Crippen molar-refractivity contribution in [2.45, 2.75) is 43.8 Å². The quantitative estimate of drug-likeness (QED) is 0.765. The van der Waals surface area contributed by atoms with Gasteiger partial charge in [0.2, 0.25) is 0 Å². The molecule has 2 aliphatic rings. The van der Waals surface area contributed by atoms with Crippen LogP contribution in [0.3, 0.4) is 0 Å². The highest BCUT2D eigenvalue weighted by molar-refractivity contribution is 5.26. The van der Waals surface area contributed by atoms with E-state index in [1.807, 2.05) is 0 Å². The number of hydrogen-bond donors (Lipinski definition) is 2. The first kappa shape index (κ1) is 11.2. The Hall–Kier alpha value is -0.900. The zero-order valence-electron chi connectivity index (χ0n) is 10.4. The van der Waals surface area contributed by atoms with E-state index >= 15 is 0 Å². The third-order valence-corrected chi connectivity index (χ3v) is 4.47. The van der Waals surface area contributed by atoms with Crippen molar-refractivity contribution in [3.8, 4) is 0 Å². The van der Waals surface area contributed by atoms with Gasteiger partial charge in [0.1, 0.15) is 0 Å². The van der Waals surface area contributed by atoms with Gasteiger partial charge in [0.05, 0.1) is 5.66 Å². The molecule has 3 heteroatoms. The van der Waals surface area contributed by atoms with Crippen molar-refractivity contribution in [2.24, 2.45) is 5.73 Å². The van der Waals surface area contributed by atoms with Gasteiger partial charge in [0, 0.05) is 13.6 Å². The first-order valence-corrected chi connectivity index (χ1v) is 6.54. The van der Waals surface area contributed by atoms with Crippen molar-refractivity contribution in [3.63, 3.8) is 0 Å². The van der Waals surface area contributed by atoms with Crippen molar-refractivity contribution in [1.29, 1.82) is 0 Å². The molecule has 1 heterocycles. The molecule has 0 amide bonds. The first-order chi connectivity index (χ1) is 8.23. The average molecular weight is 231 g/mol. The van der Waals surface area contributed by atoms with E-state index in [4.69, 9.17) is 5.73 Å². The molecule has 3 N–H and O–H groups in total. The Morgan fingerprint density at radius 1 is 1.29 bits per heavy atom. The van der Waals surface area contributed by atoms with Crippen LogP contribution < -0.4 is 11.2 Å². The van der Waals surface area contributed by atoms with Crippen molar-refractivity contribution in [1.82, 2.24) is 10.4 Å². The maximum atomic E-state index is 5.62. The van der Waals surface area contributed by atoms with E-state index in [9.17, 15) is 0 Å². The monoisotopic (exact) mass is 231 g/mol. The molecule has 0 aromatic heterocycles. The van der Waals surface area contributed by atoms with Crippen LogP contribution in [0.5, 0.6) is 0 Å². The summed E-state index contributed by atoms with van der Waals surface area (Å²) in [6.07, 6.45) is 5.12. The summed E-state index contributed by atoms with van der Waals surface area (Å²) in [7, 11) is 2.15. The van der Waals surface area contributed by atoms with Crippen LogP contribution in [0.15, 0.2) is 24.3 Å². The molecule has 0 radical (unpaired) electrons. The Balaban J connectivity index is 1.65. The molecule has 92 valence electrons. The second-order valence-corrected chi connectivity index (χ2v) is 5.42. The van der Waals surface area contributed by atoms with E-state index < -0.39 is 0 Å².